The van der Waals surface area contributed by atoms with Crippen LogP contribution < -0.4 is 8.45 Å². The van der Waals surface area contributed by atoms with Crippen molar-refractivity contribution in [2.45, 2.75) is 9.79 Å². The van der Waals surface area contributed by atoms with E-state index >= 15 is 0 Å². The van der Waals surface area contributed by atoms with Crippen LogP contribution in [0.3, 0.4) is 0 Å². The van der Waals surface area contributed by atoms with E-state index in [1.807, 2.05) is 0 Å². The normalized spacial score (nSPS) is 11.8. The zero-order valence-corrected chi connectivity index (χ0v) is 16.9. The predicted octanol–water partition coefficient (Wildman–Crippen LogP) is 3.33. The van der Waals surface area contributed by atoms with Crippen LogP contribution in [0.15, 0.2) is 82.7 Å². The molecule has 2 aromatic carbocycles. The molecule has 1 aromatic heterocycles. The molecule has 28 heavy (non-hydrogen) atoms. The number of hydrogen-bond donors (Lipinski definition) is 0. The molecule has 10 heteroatoms. The fourth-order valence-electron chi connectivity index (χ4n) is 2.49. The molecule has 0 bridgehead atoms. The standard InChI is InChI=1S/C18H15ClN2O5S2/c1-26-16-12-13-20-18(19)17(16)21(27(22,23)14-8-4-2-5-9-14)28(24,25)15-10-6-3-7-11-15/h2-13H,1H3. The number of hydrogen-bond acceptors (Lipinski definition) is 6. The van der Waals surface area contributed by atoms with Crippen molar-refractivity contribution in [3.8, 4) is 5.75 Å². The number of methoxy groups -OCH3 is 1. The van der Waals surface area contributed by atoms with Crippen molar-refractivity contribution in [1.82, 2.24) is 4.98 Å². The highest BCUT2D eigenvalue weighted by atomic mass is 35.5. The summed E-state index contributed by atoms with van der Waals surface area (Å²) in [5.74, 6) is -0.0565. The van der Waals surface area contributed by atoms with Crippen LogP contribution >= 0.6 is 11.6 Å². The zero-order chi connectivity index (χ0) is 20.4. The molecule has 0 aliphatic rings. The van der Waals surface area contributed by atoms with Crippen molar-refractivity contribution in [2.75, 3.05) is 10.8 Å². The molecule has 0 spiro atoms. The first-order chi connectivity index (χ1) is 13.3. The summed E-state index contributed by atoms with van der Waals surface area (Å²) in [5.41, 5.74) is -0.389. The molecular formula is C18H15ClN2O5S2. The van der Waals surface area contributed by atoms with E-state index < -0.39 is 20.0 Å². The summed E-state index contributed by atoms with van der Waals surface area (Å²) >= 11 is 6.13. The van der Waals surface area contributed by atoms with Gasteiger partial charge in [-0.25, -0.2) is 21.8 Å². The molecular weight excluding hydrogens is 424 g/mol. The highest BCUT2D eigenvalue weighted by Gasteiger charge is 2.40. The summed E-state index contributed by atoms with van der Waals surface area (Å²) in [6.45, 7) is 0. The predicted molar refractivity (Wildman–Crippen MR) is 106 cm³/mol. The molecule has 1 heterocycles. The quantitative estimate of drug-likeness (QED) is 0.548. The SMILES string of the molecule is COc1ccnc(Cl)c1N(S(=O)(=O)c1ccccc1)S(=O)(=O)c1ccccc1. The number of nitrogens with zero attached hydrogens (tertiary/aromatic N) is 2. The molecule has 0 fully saturated rings. The van der Waals surface area contributed by atoms with E-state index in [2.05, 4.69) is 4.98 Å². The molecule has 0 amide bonds. The number of halogens is 1. The molecule has 0 aliphatic heterocycles. The van der Waals surface area contributed by atoms with Crippen molar-refractivity contribution in [3.05, 3.63) is 78.1 Å². The van der Waals surface area contributed by atoms with Gasteiger partial charge in [0.25, 0.3) is 20.0 Å². The lowest BCUT2D eigenvalue weighted by Crippen LogP contribution is -2.37. The first-order valence-corrected chi connectivity index (χ1v) is 11.1. The maximum atomic E-state index is 13.4. The number of pyridine rings is 1. The number of anilines is 1. The lowest BCUT2D eigenvalue weighted by molar-refractivity contribution is 0.415. The summed E-state index contributed by atoms with van der Waals surface area (Å²) in [5, 5.41) is -0.335. The van der Waals surface area contributed by atoms with E-state index in [9.17, 15) is 16.8 Å². The second kappa shape index (κ2) is 7.78. The van der Waals surface area contributed by atoms with Gasteiger partial charge in [0, 0.05) is 12.3 Å². The summed E-state index contributed by atoms with van der Waals surface area (Å²) in [7, 11) is -7.87. The van der Waals surface area contributed by atoms with Crippen LogP contribution in [-0.2, 0) is 20.0 Å². The molecule has 0 saturated heterocycles. The largest absolute Gasteiger partial charge is 0.494 e. The van der Waals surface area contributed by atoms with Gasteiger partial charge in [0.05, 0.1) is 16.9 Å². The van der Waals surface area contributed by atoms with E-state index in [4.69, 9.17) is 16.3 Å². The average Bonchev–Trinajstić information content (AvgIpc) is 2.70. The topological polar surface area (TPSA) is 93.6 Å². The average molecular weight is 439 g/mol. The van der Waals surface area contributed by atoms with E-state index in [1.165, 1.54) is 67.9 Å². The fraction of sp³-hybridized carbons (Fsp3) is 0.0556. The van der Waals surface area contributed by atoms with Crippen molar-refractivity contribution in [1.29, 1.82) is 0 Å². The maximum absolute atomic E-state index is 13.4. The molecule has 0 saturated carbocycles. The van der Waals surface area contributed by atoms with E-state index in [0.29, 0.717) is 0 Å². The lowest BCUT2D eigenvalue weighted by Gasteiger charge is -2.25. The zero-order valence-electron chi connectivity index (χ0n) is 14.6. The van der Waals surface area contributed by atoms with Gasteiger partial charge in [0.15, 0.2) is 5.15 Å². The Hall–Kier alpha value is -2.62. The smallest absolute Gasteiger partial charge is 0.277 e. The van der Waals surface area contributed by atoms with Crippen LogP contribution in [0.5, 0.6) is 5.75 Å². The van der Waals surface area contributed by atoms with Crippen LogP contribution in [0.25, 0.3) is 0 Å². The third-order valence-electron chi connectivity index (χ3n) is 3.76. The minimum absolute atomic E-state index is 0.0565. The van der Waals surface area contributed by atoms with Crippen LogP contribution in [0.2, 0.25) is 5.15 Å². The van der Waals surface area contributed by atoms with Crippen LogP contribution in [0.4, 0.5) is 5.69 Å². The van der Waals surface area contributed by atoms with Crippen LogP contribution in [0.1, 0.15) is 0 Å². The maximum Gasteiger partial charge on any atom is 0.277 e. The summed E-state index contributed by atoms with van der Waals surface area (Å²) in [6.07, 6.45) is 1.28. The first-order valence-electron chi connectivity index (χ1n) is 7.89. The number of sulfonamides is 2. The summed E-state index contributed by atoms with van der Waals surface area (Å²) < 4.78 is 58.9. The van der Waals surface area contributed by atoms with Crippen molar-refractivity contribution in [2.24, 2.45) is 0 Å². The lowest BCUT2D eigenvalue weighted by atomic mass is 10.4. The Morgan fingerprint density at radius 2 is 1.29 bits per heavy atom. The van der Waals surface area contributed by atoms with Gasteiger partial charge in [-0.3, -0.25) is 0 Å². The highest BCUT2D eigenvalue weighted by Crippen LogP contribution is 2.40. The molecule has 0 N–H and O–H groups in total. The molecule has 7 nitrogen and oxygen atoms in total. The first kappa shape index (κ1) is 20.1. The highest BCUT2D eigenvalue weighted by molar-refractivity contribution is 8.10. The van der Waals surface area contributed by atoms with Gasteiger partial charge in [-0.2, -0.15) is 0 Å². The molecule has 146 valence electrons. The summed E-state index contributed by atoms with van der Waals surface area (Å²) in [4.78, 5) is 3.39. The Bertz CT molecular complexity index is 1120. The third kappa shape index (κ3) is 3.56. The van der Waals surface area contributed by atoms with E-state index in [-0.39, 0.29) is 30.1 Å². The fourth-order valence-corrected chi connectivity index (χ4v) is 6.59. The van der Waals surface area contributed by atoms with Gasteiger partial charge < -0.3 is 4.74 Å². The van der Waals surface area contributed by atoms with E-state index in [1.54, 1.807) is 12.1 Å². The van der Waals surface area contributed by atoms with Gasteiger partial charge in [-0.15, -0.1) is 3.71 Å². The van der Waals surface area contributed by atoms with Gasteiger partial charge >= 0.3 is 0 Å². The molecule has 0 radical (unpaired) electrons. The third-order valence-corrected chi connectivity index (χ3v) is 8.19. The van der Waals surface area contributed by atoms with Crippen molar-refractivity contribution in [3.63, 3.8) is 0 Å². The number of benzene rings is 2. The number of rotatable bonds is 6. The Labute approximate surface area is 168 Å². The van der Waals surface area contributed by atoms with E-state index in [0.717, 1.165) is 0 Å². The Kier molecular flexibility index (Phi) is 5.59. The number of aromatic nitrogens is 1. The second-order valence-electron chi connectivity index (χ2n) is 5.49. The van der Waals surface area contributed by atoms with Gasteiger partial charge in [-0.1, -0.05) is 48.0 Å². The molecule has 0 aliphatic carbocycles. The van der Waals surface area contributed by atoms with Gasteiger partial charge in [0.1, 0.15) is 11.4 Å². The minimum Gasteiger partial charge on any atom is -0.494 e. The second-order valence-corrected chi connectivity index (χ2v) is 9.65. The Balaban J connectivity index is 2.37. The monoisotopic (exact) mass is 438 g/mol. The van der Waals surface area contributed by atoms with Gasteiger partial charge in [-0.05, 0) is 24.3 Å². The van der Waals surface area contributed by atoms with Gasteiger partial charge in [0.2, 0.25) is 0 Å². The molecule has 3 rings (SSSR count). The van der Waals surface area contributed by atoms with Crippen LogP contribution in [-0.4, -0.2) is 28.9 Å². The molecule has 0 unspecified atom stereocenters. The molecule has 3 aromatic rings. The van der Waals surface area contributed by atoms with Crippen molar-refractivity contribution < 1.29 is 21.6 Å². The Morgan fingerprint density at radius 3 is 1.71 bits per heavy atom. The summed E-state index contributed by atoms with van der Waals surface area (Å²) in [6, 6.07) is 15.7. The Morgan fingerprint density at radius 1 is 0.821 bits per heavy atom. The minimum atomic E-state index is -4.57. The molecule has 0 atom stereocenters. The van der Waals surface area contributed by atoms with Crippen molar-refractivity contribution >= 4 is 37.3 Å². The van der Waals surface area contributed by atoms with Crippen LogP contribution in [0, 0.1) is 0 Å². The number of ether oxygens (including phenoxy) is 1.